The van der Waals surface area contributed by atoms with Crippen LogP contribution >= 0.6 is 11.6 Å². The lowest BCUT2D eigenvalue weighted by Gasteiger charge is -2.20. The van der Waals surface area contributed by atoms with E-state index in [2.05, 4.69) is 17.0 Å². The summed E-state index contributed by atoms with van der Waals surface area (Å²) >= 11 is 6.13. The van der Waals surface area contributed by atoms with Crippen LogP contribution in [0.3, 0.4) is 0 Å². The van der Waals surface area contributed by atoms with E-state index in [1.54, 1.807) is 0 Å². The Labute approximate surface area is 94.9 Å². The highest BCUT2D eigenvalue weighted by Crippen LogP contribution is 2.29. The van der Waals surface area contributed by atoms with E-state index in [0.717, 1.165) is 16.4 Å². The second kappa shape index (κ2) is 4.37. The van der Waals surface area contributed by atoms with Crippen LogP contribution in [0.1, 0.15) is 0 Å². The van der Waals surface area contributed by atoms with E-state index in [0.29, 0.717) is 0 Å². The van der Waals surface area contributed by atoms with Crippen molar-refractivity contribution in [2.75, 3.05) is 11.9 Å². The van der Waals surface area contributed by atoms with Gasteiger partial charge in [0.25, 0.3) is 0 Å². The van der Waals surface area contributed by atoms with Gasteiger partial charge in [-0.1, -0.05) is 41.9 Å². The van der Waals surface area contributed by atoms with Gasteiger partial charge in [0.15, 0.2) is 0 Å². The first-order valence-electron chi connectivity index (χ1n) is 4.82. The summed E-state index contributed by atoms with van der Waals surface area (Å²) in [6.45, 7) is 0. The largest absolute Gasteiger partial charge is 0.343 e. The van der Waals surface area contributed by atoms with Gasteiger partial charge in [0.1, 0.15) is 0 Å². The number of hydrogen-bond acceptors (Lipinski definition) is 1. The first-order valence-corrected chi connectivity index (χ1v) is 5.20. The highest BCUT2D eigenvalue weighted by Gasteiger charge is 2.05. The lowest BCUT2D eigenvalue weighted by atomic mass is 10.2. The zero-order chi connectivity index (χ0) is 10.7. The van der Waals surface area contributed by atoms with Crippen LogP contribution in [0.25, 0.3) is 0 Å². The smallest absolute Gasteiger partial charge is 0.0642 e. The standard InChI is InChI=1S/C13H12ClN/c1-15(11-7-3-2-4-8-11)13-10-6-5-9-12(13)14/h2-10H,1H3. The Morgan fingerprint density at radius 2 is 1.47 bits per heavy atom. The minimum atomic E-state index is 0.767. The van der Waals surface area contributed by atoms with E-state index >= 15 is 0 Å². The minimum absolute atomic E-state index is 0.767. The number of halogens is 1. The van der Waals surface area contributed by atoms with Gasteiger partial charge >= 0.3 is 0 Å². The van der Waals surface area contributed by atoms with Gasteiger partial charge in [0, 0.05) is 12.7 Å². The maximum Gasteiger partial charge on any atom is 0.0642 e. The van der Waals surface area contributed by atoms with Gasteiger partial charge in [-0.05, 0) is 24.3 Å². The summed E-state index contributed by atoms with van der Waals surface area (Å²) in [5.74, 6) is 0. The van der Waals surface area contributed by atoms with Crippen molar-refractivity contribution < 1.29 is 0 Å². The third kappa shape index (κ3) is 2.13. The van der Waals surface area contributed by atoms with Crippen molar-refractivity contribution in [2.45, 2.75) is 0 Å². The van der Waals surface area contributed by atoms with Crippen molar-refractivity contribution in [1.82, 2.24) is 0 Å². The van der Waals surface area contributed by atoms with Crippen LogP contribution < -0.4 is 4.90 Å². The van der Waals surface area contributed by atoms with Crippen LogP contribution in [-0.2, 0) is 0 Å². The number of rotatable bonds is 2. The highest BCUT2D eigenvalue weighted by atomic mass is 35.5. The molecule has 0 unspecified atom stereocenters. The third-order valence-electron chi connectivity index (χ3n) is 2.36. The Morgan fingerprint density at radius 3 is 2.13 bits per heavy atom. The zero-order valence-electron chi connectivity index (χ0n) is 8.52. The molecule has 2 aromatic carbocycles. The van der Waals surface area contributed by atoms with E-state index in [-0.39, 0.29) is 0 Å². The molecular formula is C13H12ClN. The summed E-state index contributed by atoms with van der Waals surface area (Å²) in [7, 11) is 2.01. The van der Waals surface area contributed by atoms with Crippen LogP contribution in [0.2, 0.25) is 5.02 Å². The second-order valence-corrected chi connectivity index (χ2v) is 3.75. The number of benzene rings is 2. The van der Waals surface area contributed by atoms with Crippen molar-refractivity contribution in [3.63, 3.8) is 0 Å². The molecule has 0 atom stereocenters. The first kappa shape index (κ1) is 10.1. The Morgan fingerprint density at radius 1 is 0.867 bits per heavy atom. The van der Waals surface area contributed by atoms with Crippen LogP contribution in [0, 0.1) is 0 Å². The molecule has 0 aliphatic carbocycles. The molecule has 15 heavy (non-hydrogen) atoms. The van der Waals surface area contributed by atoms with E-state index in [4.69, 9.17) is 11.6 Å². The van der Waals surface area contributed by atoms with Crippen molar-refractivity contribution in [1.29, 1.82) is 0 Å². The molecule has 0 aliphatic rings. The van der Waals surface area contributed by atoms with Crippen LogP contribution in [0.15, 0.2) is 54.6 Å². The summed E-state index contributed by atoms with van der Waals surface area (Å²) in [5.41, 5.74) is 2.15. The average Bonchev–Trinajstić information content (AvgIpc) is 2.30. The number of para-hydroxylation sites is 2. The number of nitrogens with zero attached hydrogens (tertiary/aromatic N) is 1. The van der Waals surface area contributed by atoms with Crippen molar-refractivity contribution in [2.24, 2.45) is 0 Å². The Bertz CT molecular complexity index is 439. The molecular weight excluding hydrogens is 206 g/mol. The normalized spacial score (nSPS) is 10.0. The fourth-order valence-corrected chi connectivity index (χ4v) is 1.78. The second-order valence-electron chi connectivity index (χ2n) is 3.35. The maximum absolute atomic E-state index is 6.13. The van der Waals surface area contributed by atoms with Gasteiger partial charge in [-0.25, -0.2) is 0 Å². The lowest BCUT2D eigenvalue weighted by molar-refractivity contribution is 1.21. The van der Waals surface area contributed by atoms with Crippen molar-refractivity contribution in [3.8, 4) is 0 Å². The molecule has 76 valence electrons. The van der Waals surface area contributed by atoms with Gasteiger partial charge < -0.3 is 4.90 Å². The number of hydrogen-bond donors (Lipinski definition) is 0. The minimum Gasteiger partial charge on any atom is -0.343 e. The van der Waals surface area contributed by atoms with Crippen LogP contribution in [0.5, 0.6) is 0 Å². The summed E-state index contributed by atoms with van der Waals surface area (Å²) in [4.78, 5) is 2.07. The molecule has 0 bridgehead atoms. The van der Waals surface area contributed by atoms with E-state index in [9.17, 15) is 0 Å². The fraction of sp³-hybridized carbons (Fsp3) is 0.0769. The molecule has 0 fully saturated rings. The third-order valence-corrected chi connectivity index (χ3v) is 2.68. The van der Waals surface area contributed by atoms with Gasteiger partial charge in [-0.15, -0.1) is 0 Å². The average molecular weight is 218 g/mol. The molecule has 0 N–H and O–H groups in total. The van der Waals surface area contributed by atoms with E-state index < -0.39 is 0 Å². The molecule has 0 aromatic heterocycles. The zero-order valence-corrected chi connectivity index (χ0v) is 9.28. The number of anilines is 2. The molecule has 2 heteroatoms. The maximum atomic E-state index is 6.13. The van der Waals surface area contributed by atoms with Crippen molar-refractivity contribution >= 4 is 23.0 Å². The molecule has 0 saturated carbocycles. The Balaban J connectivity index is 2.37. The summed E-state index contributed by atoms with van der Waals surface area (Å²) in [6, 6.07) is 18.0. The predicted molar refractivity (Wildman–Crippen MR) is 66.0 cm³/mol. The summed E-state index contributed by atoms with van der Waals surface area (Å²) < 4.78 is 0. The van der Waals surface area contributed by atoms with E-state index in [1.165, 1.54) is 0 Å². The van der Waals surface area contributed by atoms with Gasteiger partial charge in [-0.2, -0.15) is 0 Å². The molecule has 0 heterocycles. The molecule has 0 radical (unpaired) electrons. The van der Waals surface area contributed by atoms with Crippen molar-refractivity contribution in [3.05, 3.63) is 59.6 Å². The quantitative estimate of drug-likeness (QED) is 0.732. The van der Waals surface area contributed by atoms with Crippen LogP contribution in [-0.4, -0.2) is 7.05 Å². The summed E-state index contributed by atoms with van der Waals surface area (Å²) in [5, 5.41) is 0.767. The first-order chi connectivity index (χ1) is 7.29. The molecule has 1 nitrogen and oxygen atoms in total. The SMILES string of the molecule is CN(c1ccccc1)c1ccccc1Cl. The Hall–Kier alpha value is -1.47. The molecule has 0 aliphatic heterocycles. The predicted octanol–water partition coefficient (Wildman–Crippen LogP) is 4.11. The molecule has 0 saturated heterocycles. The fourth-order valence-electron chi connectivity index (χ4n) is 1.51. The molecule has 0 spiro atoms. The topological polar surface area (TPSA) is 3.24 Å². The molecule has 2 rings (SSSR count). The molecule has 0 amide bonds. The highest BCUT2D eigenvalue weighted by molar-refractivity contribution is 6.33. The van der Waals surface area contributed by atoms with E-state index in [1.807, 2.05) is 49.5 Å². The Kier molecular flexibility index (Phi) is 2.93. The summed E-state index contributed by atoms with van der Waals surface area (Å²) in [6.07, 6.45) is 0. The van der Waals surface area contributed by atoms with Gasteiger partial charge in [-0.3, -0.25) is 0 Å². The monoisotopic (exact) mass is 217 g/mol. The molecule has 2 aromatic rings. The van der Waals surface area contributed by atoms with Gasteiger partial charge in [0.05, 0.1) is 10.7 Å². The van der Waals surface area contributed by atoms with Gasteiger partial charge in [0.2, 0.25) is 0 Å². The lowest BCUT2D eigenvalue weighted by Crippen LogP contribution is -2.09. The van der Waals surface area contributed by atoms with Crippen LogP contribution in [0.4, 0.5) is 11.4 Å².